The van der Waals surface area contributed by atoms with Crippen LogP contribution in [0, 0.1) is 0 Å². The number of rotatable bonds is 4. The Labute approximate surface area is 97.1 Å². The largest absolute Gasteiger partial charge is 0.465 e. The summed E-state index contributed by atoms with van der Waals surface area (Å²) in [6.45, 7) is 1.12. The van der Waals surface area contributed by atoms with E-state index in [0.717, 1.165) is 38.5 Å². The third kappa shape index (κ3) is 4.23. The molecule has 0 aromatic heterocycles. The lowest BCUT2D eigenvalue weighted by Gasteiger charge is -2.30. The molecule has 0 fully saturated rings. The van der Waals surface area contributed by atoms with Crippen LogP contribution in [0.15, 0.2) is 12.2 Å². The number of nitrogens with zero attached hydrogens (tertiary/aromatic N) is 1. The summed E-state index contributed by atoms with van der Waals surface area (Å²) in [7, 11) is 0. The number of hydrogen-bond donors (Lipinski definition) is 2. The van der Waals surface area contributed by atoms with Gasteiger partial charge in [0.25, 0.3) is 0 Å². The molecular weight excluding hydrogens is 204 g/mol. The monoisotopic (exact) mass is 226 g/mol. The Morgan fingerprint density at radius 1 is 1.38 bits per heavy atom. The first-order valence-electron chi connectivity index (χ1n) is 6.10. The fourth-order valence-corrected chi connectivity index (χ4v) is 2.15. The van der Waals surface area contributed by atoms with Gasteiger partial charge >= 0.3 is 6.09 Å². The number of carboxylic acid groups (broad SMARTS) is 1. The van der Waals surface area contributed by atoms with Crippen LogP contribution in [-0.2, 0) is 0 Å². The first-order valence-corrected chi connectivity index (χ1v) is 6.10. The van der Waals surface area contributed by atoms with Crippen molar-refractivity contribution < 1.29 is 9.90 Å². The molecule has 1 atom stereocenters. The zero-order chi connectivity index (χ0) is 11.8. The van der Waals surface area contributed by atoms with Crippen molar-refractivity contribution in [2.45, 2.75) is 44.6 Å². The van der Waals surface area contributed by atoms with E-state index in [1.807, 2.05) is 0 Å². The van der Waals surface area contributed by atoms with Crippen LogP contribution in [-0.4, -0.2) is 35.2 Å². The molecule has 1 aliphatic carbocycles. The second-order valence-electron chi connectivity index (χ2n) is 4.25. The van der Waals surface area contributed by atoms with Crippen LogP contribution in [0.25, 0.3) is 0 Å². The van der Waals surface area contributed by atoms with Gasteiger partial charge in [-0.1, -0.05) is 12.2 Å². The molecule has 4 nitrogen and oxygen atoms in total. The molecule has 1 aliphatic rings. The minimum Gasteiger partial charge on any atom is -0.465 e. The highest BCUT2D eigenvalue weighted by Crippen LogP contribution is 2.18. The fourth-order valence-electron chi connectivity index (χ4n) is 2.15. The summed E-state index contributed by atoms with van der Waals surface area (Å²) >= 11 is 0. The van der Waals surface area contributed by atoms with Gasteiger partial charge in [0, 0.05) is 12.6 Å². The molecule has 4 heteroatoms. The van der Waals surface area contributed by atoms with E-state index < -0.39 is 6.09 Å². The van der Waals surface area contributed by atoms with Crippen molar-refractivity contribution in [2.24, 2.45) is 5.73 Å². The summed E-state index contributed by atoms with van der Waals surface area (Å²) < 4.78 is 0. The van der Waals surface area contributed by atoms with E-state index in [-0.39, 0.29) is 6.04 Å². The third-order valence-electron chi connectivity index (χ3n) is 3.03. The van der Waals surface area contributed by atoms with E-state index in [9.17, 15) is 9.90 Å². The molecule has 1 amide bonds. The minimum absolute atomic E-state index is 0.175. The molecule has 0 radical (unpaired) electrons. The van der Waals surface area contributed by atoms with Crippen LogP contribution in [0.3, 0.4) is 0 Å². The van der Waals surface area contributed by atoms with E-state index in [0.29, 0.717) is 13.1 Å². The maximum atomic E-state index is 11.2. The van der Waals surface area contributed by atoms with Crippen LogP contribution in [0.2, 0.25) is 0 Å². The predicted octanol–water partition coefficient (Wildman–Crippen LogP) is 2.20. The molecule has 3 N–H and O–H groups in total. The normalized spacial score (nSPS) is 23.2. The van der Waals surface area contributed by atoms with E-state index in [2.05, 4.69) is 12.2 Å². The van der Waals surface area contributed by atoms with Crippen LogP contribution < -0.4 is 5.73 Å². The number of amides is 1. The fraction of sp³-hybridized carbons (Fsp3) is 0.750. The average molecular weight is 226 g/mol. The van der Waals surface area contributed by atoms with Gasteiger partial charge in [-0.2, -0.15) is 0 Å². The van der Waals surface area contributed by atoms with Crippen molar-refractivity contribution in [3.05, 3.63) is 12.2 Å². The Morgan fingerprint density at radius 2 is 2.12 bits per heavy atom. The number of nitrogens with two attached hydrogens (primary N) is 1. The molecule has 0 saturated carbocycles. The average Bonchev–Trinajstić information content (AvgIpc) is 2.20. The van der Waals surface area contributed by atoms with Gasteiger partial charge in [-0.25, -0.2) is 4.79 Å². The van der Waals surface area contributed by atoms with Crippen molar-refractivity contribution in [2.75, 3.05) is 13.1 Å². The molecule has 92 valence electrons. The molecule has 0 aromatic rings. The summed E-state index contributed by atoms with van der Waals surface area (Å²) in [5, 5.41) is 9.18. The lowest BCUT2D eigenvalue weighted by molar-refractivity contribution is 0.117. The van der Waals surface area contributed by atoms with Gasteiger partial charge in [0.05, 0.1) is 0 Å². The van der Waals surface area contributed by atoms with Crippen LogP contribution >= 0.6 is 0 Å². The van der Waals surface area contributed by atoms with Gasteiger partial charge in [0.15, 0.2) is 0 Å². The summed E-state index contributed by atoms with van der Waals surface area (Å²) in [6.07, 6.45) is 9.35. The van der Waals surface area contributed by atoms with Crippen molar-refractivity contribution in [3.8, 4) is 0 Å². The standard InChI is InChI=1S/C12H22N2O2/c13-9-6-10-14(12(15)16)11-7-4-2-1-3-5-8-11/h1-2,11H,3-10,13H2,(H,15,16)/b2-1-. The van der Waals surface area contributed by atoms with Gasteiger partial charge in [0.1, 0.15) is 0 Å². The second kappa shape index (κ2) is 7.28. The maximum absolute atomic E-state index is 11.2. The van der Waals surface area contributed by atoms with Crippen LogP contribution in [0.4, 0.5) is 4.79 Å². The lowest BCUT2D eigenvalue weighted by atomic mass is 9.99. The van der Waals surface area contributed by atoms with E-state index in [1.165, 1.54) is 0 Å². The van der Waals surface area contributed by atoms with Gasteiger partial charge in [-0.15, -0.1) is 0 Å². The van der Waals surface area contributed by atoms with E-state index in [1.54, 1.807) is 4.90 Å². The molecule has 16 heavy (non-hydrogen) atoms. The lowest BCUT2D eigenvalue weighted by Crippen LogP contribution is -2.40. The molecule has 1 rings (SSSR count). The first kappa shape index (κ1) is 13.0. The van der Waals surface area contributed by atoms with Crippen molar-refractivity contribution >= 4 is 6.09 Å². The second-order valence-corrected chi connectivity index (χ2v) is 4.25. The molecule has 0 spiro atoms. The molecule has 0 heterocycles. The molecule has 1 unspecified atom stereocenters. The Bertz CT molecular complexity index is 241. The zero-order valence-corrected chi connectivity index (χ0v) is 9.77. The molecular formula is C12H22N2O2. The van der Waals surface area contributed by atoms with Crippen molar-refractivity contribution in [1.82, 2.24) is 4.90 Å². The summed E-state index contributed by atoms with van der Waals surface area (Å²) in [4.78, 5) is 12.7. The topological polar surface area (TPSA) is 66.6 Å². The van der Waals surface area contributed by atoms with Crippen LogP contribution in [0.1, 0.15) is 38.5 Å². The number of hydrogen-bond acceptors (Lipinski definition) is 2. The molecule has 0 bridgehead atoms. The van der Waals surface area contributed by atoms with Gasteiger partial charge in [-0.05, 0) is 45.1 Å². The highest BCUT2D eigenvalue weighted by Gasteiger charge is 2.22. The molecule has 0 saturated heterocycles. The van der Waals surface area contributed by atoms with E-state index >= 15 is 0 Å². The molecule has 0 aromatic carbocycles. The summed E-state index contributed by atoms with van der Waals surface area (Å²) in [5.41, 5.74) is 5.43. The first-order chi connectivity index (χ1) is 7.75. The Balaban J connectivity index is 2.53. The molecule has 0 aliphatic heterocycles. The highest BCUT2D eigenvalue weighted by atomic mass is 16.4. The third-order valence-corrected chi connectivity index (χ3v) is 3.03. The van der Waals surface area contributed by atoms with Crippen molar-refractivity contribution in [1.29, 1.82) is 0 Å². The Hall–Kier alpha value is -1.03. The summed E-state index contributed by atoms with van der Waals surface area (Å²) in [5.74, 6) is 0. The minimum atomic E-state index is -0.803. The summed E-state index contributed by atoms with van der Waals surface area (Å²) in [6, 6.07) is 0.175. The Morgan fingerprint density at radius 3 is 2.81 bits per heavy atom. The smallest absolute Gasteiger partial charge is 0.407 e. The van der Waals surface area contributed by atoms with Crippen LogP contribution in [0.5, 0.6) is 0 Å². The van der Waals surface area contributed by atoms with Gasteiger partial charge < -0.3 is 15.7 Å². The quantitative estimate of drug-likeness (QED) is 0.722. The van der Waals surface area contributed by atoms with Gasteiger partial charge in [0.2, 0.25) is 0 Å². The van der Waals surface area contributed by atoms with E-state index in [4.69, 9.17) is 5.73 Å². The predicted molar refractivity (Wildman–Crippen MR) is 64.4 cm³/mol. The van der Waals surface area contributed by atoms with Gasteiger partial charge in [-0.3, -0.25) is 0 Å². The highest BCUT2D eigenvalue weighted by molar-refractivity contribution is 5.65. The number of carbonyl (C=O) groups is 1. The Kier molecular flexibility index (Phi) is 5.93. The van der Waals surface area contributed by atoms with Crippen molar-refractivity contribution in [3.63, 3.8) is 0 Å². The maximum Gasteiger partial charge on any atom is 0.407 e. The number of allylic oxidation sites excluding steroid dienone is 2. The zero-order valence-electron chi connectivity index (χ0n) is 9.77. The SMILES string of the molecule is NCCCN(C(=O)O)C1CC/C=C\CCC1.